The average Bonchev–Trinajstić information content (AvgIpc) is 4.07. The Balaban J connectivity index is 0.984. The minimum Gasteiger partial charge on any atom is -0.309 e. The molecular weight excluding hydrogens is 857 g/mol. The highest BCUT2D eigenvalue weighted by Gasteiger charge is 2.51. The van der Waals surface area contributed by atoms with Crippen LogP contribution >= 0.6 is 11.3 Å². The molecule has 2 aliphatic rings. The Kier molecular flexibility index (Phi) is 8.12. The summed E-state index contributed by atoms with van der Waals surface area (Å²) in [5.74, 6) is 1.91. The quantitative estimate of drug-likeness (QED) is 0.173. The van der Waals surface area contributed by atoms with Gasteiger partial charge in [-0.1, -0.05) is 200 Å². The van der Waals surface area contributed by atoms with E-state index in [-0.39, 0.29) is 0 Å². The molecule has 0 saturated carbocycles. The molecule has 3 aromatic heterocycles. The molecule has 4 nitrogen and oxygen atoms in total. The first-order chi connectivity index (χ1) is 34.2. The van der Waals surface area contributed by atoms with Gasteiger partial charge in [-0.3, -0.25) is 0 Å². The van der Waals surface area contributed by atoms with Crippen LogP contribution in [0.3, 0.4) is 0 Å². The summed E-state index contributed by atoms with van der Waals surface area (Å²) in [7, 11) is 0. The Morgan fingerprint density at radius 3 is 1.77 bits per heavy atom. The lowest BCUT2D eigenvalue weighted by Gasteiger charge is -2.39. The molecular formula is C64H38N4S. The molecule has 1 aliphatic carbocycles. The molecule has 0 N–H and O–H groups in total. The fourth-order valence-corrected chi connectivity index (χ4v) is 13.0. The maximum Gasteiger partial charge on any atom is 0.165 e. The third-order valence-corrected chi connectivity index (χ3v) is 15.9. The van der Waals surface area contributed by atoms with Crippen molar-refractivity contribution in [2.45, 2.75) is 5.41 Å². The average molecular weight is 895 g/mol. The number of fused-ring (bicyclic) bond motifs is 15. The number of rotatable bonds is 5. The van der Waals surface area contributed by atoms with Gasteiger partial charge in [-0.25, -0.2) is 15.0 Å². The van der Waals surface area contributed by atoms with Gasteiger partial charge in [0.05, 0.1) is 22.1 Å². The highest BCUT2D eigenvalue weighted by Crippen LogP contribution is 2.61. The first kappa shape index (κ1) is 38.3. The highest BCUT2D eigenvalue weighted by atomic mass is 32.1. The molecule has 0 radical (unpaired) electrons. The Bertz CT molecular complexity index is 4260. The van der Waals surface area contributed by atoms with Crippen molar-refractivity contribution in [3.8, 4) is 73.2 Å². The first-order valence-corrected chi connectivity index (χ1v) is 24.3. The predicted molar refractivity (Wildman–Crippen MR) is 285 cm³/mol. The fraction of sp³-hybridized carbons (Fsp3) is 0.0156. The summed E-state index contributed by atoms with van der Waals surface area (Å²) in [6.07, 6.45) is 0. The molecule has 0 amide bonds. The van der Waals surface area contributed by atoms with Gasteiger partial charge < -0.3 is 4.57 Å². The molecule has 69 heavy (non-hydrogen) atoms. The van der Waals surface area contributed by atoms with E-state index < -0.39 is 5.41 Å². The number of hydrogen-bond donors (Lipinski definition) is 0. The standard InChI is InChI=1S/C64H38N4S/c1-2-16-39(17-3-1)40-32-34-41(35-33-40)43-18-4-5-22-50(43)62-65-61(66-63(67-62)51-25-14-24-49-47-21-8-13-31-58(47)69-60(49)51)42-36-37-45-44-19-6-9-26-52(44)64(55(45)38-42)53-27-10-12-30-57(53)68-56-29-11-7-20-46(56)48-23-15-28-54(64)59(48)68/h1-38H. The normalized spacial score (nSPS) is 14.4. The minimum atomic E-state index is -0.609. The minimum absolute atomic E-state index is 0.609. The van der Waals surface area contributed by atoms with Crippen LogP contribution in [0.2, 0.25) is 0 Å². The lowest BCUT2D eigenvalue weighted by atomic mass is 9.65. The van der Waals surface area contributed by atoms with Crippen molar-refractivity contribution < 1.29 is 0 Å². The number of hydrogen-bond acceptors (Lipinski definition) is 4. The summed E-state index contributed by atoms with van der Waals surface area (Å²) in [5.41, 5.74) is 18.0. The third kappa shape index (κ3) is 5.42. The van der Waals surface area contributed by atoms with Crippen molar-refractivity contribution in [1.82, 2.24) is 19.5 Å². The molecule has 4 heterocycles. The van der Waals surface area contributed by atoms with Crippen molar-refractivity contribution >= 4 is 53.3 Å². The Morgan fingerprint density at radius 2 is 0.899 bits per heavy atom. The Labute approximate surface area is 402 Å². The van der Waals surface area contributed by atoms with Crippen LogP contribution in [0.4, 0.5) is 0 Å². The van der Waals surface area contributed by atoms with Gasteiger partial charge in [0.25, 0.3) is 0 Å². The van der Waals surface area contributed by atoms with E-state index in [0.29, 0.717) is 17.5 Å². The second-order valence-corrected chi connectivity index (χ2v) is 19.3. The summed E-state index contributed by atoms with van der Waals surface area (Å²) in [4.78, 5) is 16.5. The van der Waals surface area contributed by atoms with Gasteiger partial charge >= 0.3 is 0 Å². The summed E-state index contributed by atoms with van der Waals surface area (Å²) in [5, 5.41) is 4.96. The van der Waals surface area contributed by atoms with E-state index in [4.69, 9.17) is 15.0 Å². The van der Waals surface area contributed by atoms with E-state index in [1.807, 2.05) is 0 Å². The molecule has 1 atom stereocenters. The third-order valence-electron chi connectivity index (χ3n) is 14.7. The van der Waals surface area contributed by atoms with Gasteiger partial charge in [-0.15, -0.1) is 11.3 Å². The maximum absolute atomic E-state index is 5.51. The van der Waals surface area contributed by atoms with Crippen LogP contribution in [0.1, 0.15) is 22.3 Å². The van der Waals surface area contributed by atoms with Crippen molar-refractivity contribution in [3.63, 3.8) is 0 Å². The van der Waals surface area contributed by atoms with E-state index >= 15 is 0 Å². The maximum atomic E-state index is 5.51. The highest BCUT2D eigenvalue weighted by molar-refractivity contribution is 7.26. The van der Waals surface area contributed by atoms with Crippen molar-refractivity contribution in [3.05, 3.63) is 253 Å². The van der Waals surface area contributed by atoms with Crippen LogP contribution in [0.5, 0.6) is 0 Å². The summed E-state index contributed by atoms with van der Waals surface area (Å²) in [6, 6.07) is 83.7. The van der Waals surface area contributed by atoms with Crippen molar-refractivity contribution in [2.24, 2.45) is 0 Å². The van der Waals surface area contributed by atoms with Crippen LogP contribution in [0, 0.1) is 0 Å². The lowest BCUT2D eigenvalue weighted by Crippen LogP contribution is -2.33. The molecule has 1 spiro atoms. The van der Waals surface area contributed by atoms with Crippen molar-refractivity contribution in [2.75, 3.05) is 0 Å². The zero-order chi connectivity index (χ0) is 45.2. The first-order valence-electron chi connectivity index (χ1n) is 23.5. The fourth-order valence-electron chi connectivity index (χ4n) is 11.8. The molecule has 1 aliphatic heterocycles. The number of aromatic nitrogens is 4. The topological polar surface area (TPSA) is 43.6 Å². The predicted octanol–water partition coefficient (Wildman–Crippen LogP) is 16.3. The molecule has 10 aromatic carbocycles. The SMILES string of the molecule is c1ccc(-c2ccc(-c3ccccc3-c3nc(-c4ccc5c(c4)C4(c6ccccc6-5)c5ccccc5-n5c6ccccc6c6cccc4c65)nc(-c4cccc5c4sc4ccccc45)n3)cc2)cc1. The van der Waals surface area contributed by atoms with Gasteiger partial charge in [0.15, 0.2) is 17.5 Å². The molecule has 0 saturated heterocycles. The zero-order valence-corrected chi connectivity index (χ0v) is 38.0. The van der Waals surface area contributed by atoms with Gasteiger partial charge in [0.1, 0.15) is 0 Å². The second kappa shape index (κ2) is 14.6. The van der Waals surface area contributed by atoms with Crippen LogP contribution in [0.25, 0.3) is 115 Å². The van der Waals surface area contributed by atoms with E-state index in [2.05, 4.69) is 235 Å². The molecule has 15 rings (SSSR count). The molecule has 0 fully saturated rings. The van der Waals surface area contributed by atoms with E-state index in [1.54, 1.807) is 11.3 Å². The lowest BCUT2D eigenvalue weighted by molar-refractivity contribution is 0.748. The number of benzene rings is 10. The summed E-state index contributed by atoms with van der Waals surface area (Å²) < 4.78 is 4.90. The van der Waals surface area contributed by atoms with Crippen molar-refractivity contribution in [1.29, 1.82) is 0 Å². The number of para-hydroxylation sites is 3. The van der Waals surface area contributed by atoms with Gasteiger partial charge in [-0.2, -0.15) is 0 Å². The van der Waals surface area contributed by atoms with E-state index in [1.165, 1.54) is 87.5 Å². The molecule has 320 valence electrons. The van der Waals surface area contributed by atoms with Gasteiger partial charge in [-0.05, 0) is 86.0 Å². The van der Waals surface area contributed by atoms with Gasteiger partial charge in [0.2, 0.25) is 0 Å². The summed E-state index contributed by atoms with van der Waals surface area (Å²) >= 11 is 1.79. The second-order valence-electron chi connectivity index (χ2n) is 18.2. The van der Waals surface area contributed by atoms with Crippen LogP contribution in [-0.2, 0) is 5.41 Å². The number of nitrogens with zero attached hydrogens (tertiary/aromatic N) is 4. The Morgan fingerprint density at radius 1 is 0.333 bits per heavy atom. The number of thiophene rings is 1. The smallest absolute Gasteiger partial charge is 0.165 e. The summed E-state index contributed by atoms with van der Waals surface area (Å²) in [6.45, 7) is 0. The molecule has 13 aromatic rings. The largest absolute Gasteiger partial charge is 0.309 e. The Hall–Kier alpha value is -8.77. The zero-order valence-electron chi connectivity index (χ0n) is 37.1. The van der Waals surface area contributed by atoms with Crippen LogP contribution in [-0.4, -0.2) is 19.5 Å². The van der Waals surface area contributed by atoms with Crippen LogP contribution in [0.15, 0.2) is 231 Å². The van der Waals surface area contributed by atoms with E-state index in [0.717, 1.165) is 32.5 Å². The molecule has 1 unspecified atom stereocenters. The monoisotopic (exact) mass is 894 g/mol. The van der Waals surface area contributed by atoms with Crippen LogP contribution < -0.4 is 0 Å². The molecule has 0 bridgehead atoms. The van der Waals surface area contributed by atoms with E-state index in [9.17, 15) is 0 Å². The molecule has 5 heteroatoms. The van der Waals surface area contributed by atoms with Gasteiger partial charge in [0, 0.05) is 47.6 Å².